The first-order valence-corrected chi connectivity index (χ1v) is 8.49. The number of rotatable bonds is 5. The first-order valence-electron chi connectivity index (χ1n) is 7.61. The van der Waals surface area contributed by atoms with Crippen LogP contribution in [-0.4, -0.2) is 16.8 Å². The van der Waals surface area contributed by atoms with Crippen LogP contribution in [0.15, 0.2) is 23.6 Å². The summed E-state index contributed by atoms with van der Waals surface area (Å²) in [4.78, 5) is 27.9. The van der Waals surface area contributed by atoms with Crippen LogP contribution in [0, 0.1) is 5.82 Å². The third-order valence-corrected chi connectivity index (χ3v) is 4.52. The van der Waals surface area contributed by atoms with Gasteiger partial charge in [-0.3, -0.25) is 9.59 Å². The third kappa shape index (κ3) is 4.38. The van der Waals surface area contributed by atoms with E-state index in [4.69, 9.17) is 0 Å². The summed E-state index contributed by atoms with van der Waals surface area (Å²) in [6, 6.07) is 3.54. The molecule has 0 saturated heterocycles. The molecule has 0 unspecified atom stereocenters. The van der Waals surface area contributed by atoms with Gasteiger partial charge in [-0.15, -0.1) is 11.3 Å². The van der Waals surface area contributed by atoms with E-state index >= 15 is 0 Å². The molecule has 2 aromatic rings. The van der Waals surface area contributed by atoms with Gasteiger partial charge in [0.05, 0.1) is 22.3 Å². The summed E-state index contributed by atoms with van der Waals surface area (Å²) < 4.78 is 13.9. The molecular weight excluding hydrogens is 329 g/mol. The minimum absolute atomic E-state index is 0.118. The average molecular weight is 349 g/mol. The Morgan fingerprint density at radius 3 is 2.54 bits per heavy atom. The van der Waals surface area contributed by atoms with Crippen LogP contribution in [0.2, 0.25) is 0 Å². The molecule has 1 aromatic heterocycles. The van der Waals surface area contributed by atoms with Gasteiger partial charge in [-0.2, -0.15) is 0 Å². The summed E-state index contributed by atoms with van der Waals surface area (Å²) >= 11 is 1.54. The molecular formula is C17H20FN3O2S. The number of nitrogens with zero attached hydrogens (tertiary/aromatic N) is 1. The summed E-state index contributed by atoms with van der Waals surface area (Å²) in [7, 11) is 0. The third-order valence-electron chi connectivity index (χ3n) is 3.36. The zero-order valence-corrected chi connectivity index (χ0v) is 14.8. The summed E-state index contributed by atoms with van der Waals surface area (Å²) in [6.07, 6.45) is 0. The van der Waals surface area contributed by atoms with Gasteiger partial charge in [0.25, 0.3) is 5.91 Å². The molecule has 1 heterocycles. The van der Waals surface area contributed by atoms with Crippen molar-refractivity contribution in [3.63, 3.8) is 0 Å². The average Bonchev–Trinajstić information content (AvgIpc) is 2.98. The highest BCUT2D eigenvalue weighted by Crippen LogP contribution is 2.23. The van der Waals surface area contributed by atoms with Crippen molar-refractivity contribution in [1.29, 1.82) is 0 Å². The van der Waals surface area contributed by atoms with E-state index < -0.39 is 11.7 Å². The lowest BCUT2D eigenvalue weighted by Crippen LogP contribution is -2.27. The Bertz CT molecular complexity index is 758. The van der Waals surface area contributed by atoms with Crippen LogP contribution >= 0.6 is 11.3 Å². The fourth-order valence-corrected chi connectivity index (χ4v) is 3.02. The van der Waals surface area contributed by atoms with E-state index in [-0.39, 0.29) is 17.5 Å². The van der Waals surface area contributed by atoms with Gasteiger partial charge < -0.3 is 10.6 Å². The van der Waals surface area contributed by atoms with Crippen molar-refractivity contribution in [1.82, 2.24) is 10.3 Å². The van der Waals surface area contributed by atoms with Crippen molar-refractivity contribution >= 4 is 28.8 Å². The largest absolute Gasteiger partial charge is 0.344 e. The molecule has 2 N–H and O–H groups in total. The van der Waals surface area contributed by atoms with Gasteiger partial charge in [0.2, 0.25) is 5.91 Å². The fraction of sp³-hybridized carbons (Fsp3) is 0.353. The molecule has 2 amide bonds. The summed E-state index contributed by atoms with van der Waals surface area (Å²) in [5.41, 5.74) is 1.00. The van der Waals surface area contributed by atoms with Gasteiger partial charge in [0.15, 0.2) is 0 Å². The minimum atomic E-state index is -0.644. The predicted octanol–water partition coefficient (Wildman–Crippen LogP) is 3.86. The first kappa shape index (κ1) is 18.1. The molecule has 0 aliphatic heterocycles. The number of halogens is 1. The normalized spacial score (nSPS) is 12.1. The number of anilines is 1. The topological polar surface area (TPSA) is 71.1 Å². The van der Waals surface area contributed by atoms with Crippen LogP contribution in [0.1, 0.15) is 60.7 Å². The number of amides is 2. The van der Waals surface area contributed by atoms with Crippen molar-refractivity contribution < 1.29 is 14.0 Å². The summed E-state index contributed by atoms with van der Waals surface area (Å²) in [5.74, 6) is -1.16. The number of carbonyl (C=O) groups excluding carboxylic acids is 2. The second-order valence-corrected chi connectivity index (χ2v) is 6.73. The molecule has 0 radical (unpaired) electrons. The number of hydrogen-bond acceptors (Lipinski definition) is 4. The van der Waals surface area contributed by atoms with Gasteiger partial charge in [0, 0.05) is 23.9 Å². The first-order chi connectivity index (χ1) is 11.3. The van der Waals surface area contributed by atoms with Crippen LogP contribution in [0.25, 0.3) is 0 Å². The van der Waals surface area contributed by atoms with Gasteiger partial charge in [-0.25, -0.2) is 9.37 Å². The van der Waals surface area contributed by atoms with Crippen LogP contribution in [0.5, 0.6) is 0 Å². The van der Waals surface area contributed by atoms with E-state index in [1.807, 2.05) is 5.38 Å². The number of benzene rings is 1. The van der Waals surface area contributed by atoms with Gasteiger partial charge >= 0.3 is 0 Å². The standard InChI is InChI=1S/C17H20FN3O2S/c1-9(2)17-21-15(8-24-17)10(3)19-16(23)13-7-12(20-11(4)22)5-6-14(13)18/h5-10H,1-4H3,(H,19,23)(H,20,22)/t10-/m0/s1. The number of carbonyl (C=O) groups is 2. The molecule has 0 spiro atoms. The predicted molar refractivity (Wildman–Crippen MR) is 92.8 cm³/mol. The Morgan fingerprint density at radius 1 is 1.25 bits per heavy atom. The Balaban J connectivity index is 2.14. The maximum absolute atomic E-state index is 13.9. The Kier molecular flexibility index (Phi) is 5.66. The second-order valence-electron chi connectivity index (χ2n) is 5.84. The Hall–Kier alpha value is -2.28. The van der Waals surface area contributed by atoms with Crippen molar-refractivity contribution in [2.45, 2.75) is 39.7 Å². The maximum atomic E-state index is 13.9. The van der Waals surface area contributed by atoms with Gasteiger partial charge in [-0.1, -0.05) is 13.8 Å². The molecule has 0 saturated carbocycles. The molecule has 1 atom stereocenters. The highest BCUT2D eigenvalue weighted by Gasteiger charge is 2.18. The monoisotopic (exact) mass is 349 g/mol. The molecule has 2 rings (SSSR count). The summed E-state index contributed by atoms with van der Waals surface area (Å²) in [6.45, 7) is 7.25. The molecule has 128 valence electrons. The minimum Gasteiger partial charge on any atom is -0.344 e. The molecule has 0 aliphatic carbocycles. The van der Waals surface area contributed by atoms with Crippen LogP contribution < -0.4 is 10.6 Å². The highest BCUT2D eigenvalue weighted by atomic mass is 32.1. The number of aromatic nitrogens is 1. The van der Waals surface area contributed by atoms with Crippen LogP contribution in [0.4, 0.5) is 10.1 Å². The van der Waals surface area contributed by atoms with Crippen molar-refractivity contribution in [2.24, 2.45) is 0 Å². The maximum Gasteiger partial charge on any atom is 0.254 e. The van der Waals surface area contributed by atoms with E-state index in [0.29, 0.717) is 11.6 Å². The van der Waals surface area contributed by atoms with Crippen LogP contribution in [-0.2, 0) is 4.79 Å². The Morgan fingerprint density at radius 2 is 1.96 bits per heavy atom. The van der Waals surface area contributed by atoms with Crippen molar-refractivity contribution in [3.05, 3.63) is 45.7 Å². The number of hydrogen-bond donors (Lipinski definition) is 2. The van der Waals surface area contributed by atoms with E-state index in [1.54, 1.807) is 6.92 Å². The van der Waals surface area contributed by atoms with Gasteiger partial charge in [0.1, 0.15) is 5.82 Å². The number of nitrogens with one attached hydrogen (secondary N) is 2. The molecule has 0 fully saturated rings. The SMILES string of the molecule is CC(=O)Nc1ccc(F)c(C(=O)N[C@@H](C)c2csc(C(C)C)n2)c1. The molecule has 0 bridgehead atoms. The van der Waals surface area contributed by atoms with Crippen molar-refractivity contribution in [3.8, 4) is 0 Å². The lowest BCUT2D eigenvalue weighted by atomic mass is 10.1. The fourth-order valence-electron chi connectivity index (χ4n) is 2.09. The molecule has 0 aliphatic rings. The smallest absolute Gasteiger partial charge is 0.254 e. The van der Waals surface area contributed by atoms with Gasteiger partial charge in [-0.05, 0) is 25.1 Å². The van der Waals surface area contributed by atoms with E-state index in [0.717, 1.165) is 16.8 Å². The highest BCUT2D eigenvalue weighted by molar-refractivity contribution is 7.09. The molecule has 24 heavy (non-hydrogen) atoms. The van der Waals surface area contributed by atoms with E-state index in [2.05, 4.69) is 29.5 Å². The zero-order chi connectivity index (χ0) is 17.9. The lowest BCUT2D eigenvalue weighted by molar-refractivity contribution is -0.114. The van der Waals surface area contributed by atoms with Crippen LogP contribution in [0.3, 0.4) is 0 Å². The van der Waals surface area contributed by atoms with E-state index in [9.17, 15) is 14.0 Å². The second kappa shape index (κ2) is 7.53. The quantitative estimate of drug-likeness (QED) is 0.861. The zero-order valence-electron chi connectivity index (χ0n) is 14.0. The molecule has 1 aromatic carbocycles. The van der Waals surface area contributed by atoms with Crippen molar-refractivity contribution in [2.75, 3.05) is 5.32 Å². The molecule has 5 nitrogen and oxygen atoms in total. The molecule has 7 heteroatoms. The Labute approximate surface area is 144 Å². The number of thiazole rings is 1. The summed E-state index contributed by atoms with van der Waals surface area (Å²) in [5, 5.41) is 8.15. The van der Waals surface area contributed by atoms with E-state index in [1.165, 1.54) is 30.4 Å². The lowest BCUT2D eigenvalue weighted by Gasteiger charge is -2.13.